The van der Waals surface area contributed by atoms with Gasteiger partial charge >= 0.3 is 0 Å². The summed E-state index contributed by atoms with van der Waals surface area (Å²) in [6.07, 6.45) is 0.650. The van der Waals surface area contributed by atoms with Gasteiger partial charge in [0.15, 0.2) is 11.2 Å². The van der Waals surface area contributed by atoms with E-state index in [4.69, 9.17) is 13.9 Å². The molecule has 280 valence electrons. The fraction of sp³-hybridized carbons (Fsp3) is 0.537. The van der Waals surface area contributed by atoms with Crippen molar-refractivity contribution in [2.24, 2.45) is 0 Å². The second-order valence-electron chi connectivity index (χ2n) is 15.7. The Morgan fingerprint density at radius 3 is 2.25 bits per heavy atom. The number of aryl methyl sites for hydroxylation is 1. The van der Waals surface area contributed by atoms with Crippen molar-refractivity contribution < 1.29 is 38.8 Å². The van der Waals surface area contributed by atoms with Crippen LogP contribution >= 0.6 is 0 Å². The molecule has 0 saturated carbocycles. The van der Waals surface area contributed by atoms with Gasteiger partial charge in [-0.3, -0.25) is 14.4 Å². The summed E-state index contributed by atoms with van der Waals surface area (Å²) in [6.45, 7) is 11.0. The zero-order valence-corrected chi connectivity index (χ0v) is 31.8. The molecule has 9 atom stereocenters. The molecule has 3 aliphatic rings. The van der Waals surface area contributed by atoms with Crippen LogP contribution in [0.15, 0.2) is 39.6 Å². The summed E-state index contributed by atoms with van der Waals surface area (Å²) in [7, 11) is 7.47. The number of aromatic hydroxyl groups is 1. The monoisotopic (exact) mass is 716 g/mol. The first-order valence-electron chi connectivity index (χ1n) is 18.1. The van der Waals surface area contributed by atoms with Gasteiger partial charge in [-0.15, -0.1) is 0 Å². The first-order chi connectivity index (χ1) is 24.4. The van der Waals surface area contributed by atoms with Gasteiger partial charge in [-0.05, 0) is 105 Å². The van der Waals surface area contributed by atoms with Crippen LogP contribution in [0.3, 0.4) is 0 Å². The van der Waals surface area contributed by atoms with E-state index in [9.17, 15) is 24.9 Å². The van der Waals surface area contributed by atoms with E-state index < -0.39 is 59.5 Å². The van der Waals surface area contributed by atoms with Gasteiger partial charge in [0, 0.05) is 40.3 Å². The quantitative estimate of drug-likeness (QED) is 0.213. The molecule has 11 heteroatoms. The lowest BCUT2D eigenvalue weighted by molar-refractivity contribution is -0.176. The van der Waals surface area contributed by atoms with Crippen molar-refractivity contribution in [2.45, 2.75) is 115 Å². The third-order valence-electron chi connectivity index (χ3n) is 11.9. The van der Waals surface area contributed by atoms with E-state index in [1.54, 1.807) is 32.9 Å². The molecule has 0 amide bonds. The molecule has 2 saturated heterocycles. The maximum atomic E-state index is 15.0. The number of hydrogen-bond acceptors (Lipinski definition) is 11. The smallest absolute Gasteiger partial charge is 0.202 e. The number of aliphatic hydroxyl groups is 2. The number of nitrogens with zero attached hydrogens (tertiary/aromatic N) is 2. The number of aliphatic hydroxyl groups excluding tert-OH is 2. The van der Waals surface area contributed by atoms with Crippen LogP contribution in [0.5, 0.6) is 5.75 Å². The van der Waals surface area contributed by atoms with Crippen molar-refractivity contribution in [1.82, 2.24) is 9.80 Å². The number of carbonyl (C=O) groups is 2. The summed E-state index contributed by atoms with van der Waals surface area (Å²) in [5.74, 6) is -1.35. The van der Waals surface area contributed by atoms with E-state index in [2.05, 4.69) is 0 Å². The van der Waals surface area contributed by atoms with Crippen molar-refractivity contribution in [1.29, 1.82) is 0 Å². The zero-order chi connectivity index (χ0) is 38.1. The van der Waals surface area contributed by atoms with Crippen LogP contribution in [0.25, 0.3) is 11.0 Å². The SMILES string of the molecule is C/C=C\CC(C)c1cc(=O)c2c(C)cc3c(c2o1)C(=O)c1c(O)c([C@H]2C[C@](C)(N(C)C)[C@H](O)[C@H](C)O2)cc([C@H]2C[C@H](N(C)C)[C@H](O)[C@@H](C)O2)c1C3=O. The number of phenols is 1. The number of allylic oxidation sites excluding steroid dienone is 2. The molecular weight excluding hydrogens is 664 g/mol. The number of hydrogen-bond donors (Lipinski definition) is 3. The van der Waals surface area contributed by atoms with Crippen molar-refractivity contribution in [3.8, 4) is 5.75 Å². The number of ketones is 2. The number of phenolic OH excluding ortho intramolecular Hbond substituents is 1. The average Bonchev–Trinajstić information content (AvgIpc) is 3.08. The van der Waals surface area contributed by atoms with E-state index in [1.807, 2.05) is 70.9 Å². The maximum absolute atomic E-state index is 15.0. The summed E-state index contributed by atoms with van der Waals surface area (Å²) in [6, 6.07) is 4.38. The minimum Gasteiger partial charge on any atom is -0.507 e. The van der Waals surface area contributed by atoms with Crippen LogP contribution in [0.2, 0.25) is 0 Å². The van der Waals surface area contributed by atoms with Gasteiger partial charge in [0.1, 0.15) is 17.1 Å². The van der Waals surface area contributed by atoms with E-state index in [1.165, 1.54) is 6.07 Å². The Kier molecular flexibility index (Phi) is 10.2. The number of rotatable bonds is 7. The Labute approximate surface area is 304 Å². The summed E-state index contributed by atoms with van der Waals surface area (Å²) >= 11 is 0. The minimum atomic E-state index is -0.847. The molecule has 2 fully saturated rings. The van der Waals surface area contributed by atoms with Crippen LogP contribution in [0.4, 0.5) is 0 Å². The van der Waals surface area contributed by atoms with E-state index in [0.717, 1.165) is 0 Å². The van der Waals surface area contributed by atoms with Crippen molar-refractivity contribution >= 4 is 22.5 Å². The summed E-state index contributed by atoms with van der Waals surface area (Å²) < 4.78 is 19.2. The minimum absolute atomic E-state index is 0.0165. The van der Waals surface area contributed by atoms with Gasteiger partial charge in [-0.1, -0.05) is 19.1 Å². The summed E-state index contributed by atoms with van der Waals surface area (Å²) in [5, 5.41) is 34.7. The maximum Gasteiger partial charge on any atom is 0.202 e. The third kappa shape index (κ3) is 6.05. The van der Waals surface area contributed by atoms with E-state index in [0.29, 0.717) is 29.7 Å². The van der Waals surface area contributed by atoms with Gasteiger partial charge < -0.3 is 39.0 Å². The standard InChI is InChI=1S/C41H52N2O9/c1-11-12-13-19(2)28-17-27(44)31-20(3)14-25-33(39(31)52-28)38(48)34-32(37(25)47)23(29-16-26(42(7)8)35(45)21(4)50-29)15-24(36(34)46)30-18-41(6,43(9)10)40(49)22(5)51-30/h11-12,14-15,17,19,21-22,26,29-30,35,40,45-46,49H,13,16,18H2,1-10H3/b12-11-/t19?,21-,22+,26+,29-,30-,35-,40-,41+/m1/s1. The van der Waals surface area contributed by atoms with Gasteiger partial charge in [0.25, 0.3) is 0 Å². The van der Waals surface area contributed by atoms with Gasteiger partial charge in [-0.25, -0.2) is 0 Å². The first-order valence-corrected chi connectivity index (χ1v) is 18.1. The lowest BCUT2D eigenvalue weighted by Crippen LogP contribution is -2.59. The molecule has 2 aromatic carbocycles. The second-order valence-corrected chi connectivity index (χ2v) is 15.7. The number of benzene rings is 2. The van der Waals surface area contributed by atoms with Gasteiger partial charge in [0.05, 0.1) is 53.1 Å². The molecule has 2 aliphatic heterocycles. The predicted octanol–water partition coefficient (Wildman–Crippen LogP) is 5.32. The third-order valence-corrected chi connectivity index (χ3v) is 11.9. The molecule has 3 heterocycles. The highest BCUT2D eigenvalue weighted by Crippen LogP contribution is 2.49. The first kappa shape index (κ1) is 38.0. The molecule has 0 bridgehead atoms. The van der Waals surface area contributed by atoms with Crippen LogP contribution in [0, 0.1) is 6.92 Å². The number of carbonyl (C=O) groups excluding carboxylic acids is 2. The Morgan fingerprint density at radius 1 is 0.942 bits per heavy atom. The molecule has 3 aromatic rings. The van der Waals surface area contributed by atoms with Gasteiger partial charge in [-0.2, -0.15) is 0 Å². The fourth-order valence-electron chi connectivity index (χ4n) is 8.38. The second kappa shape index (κ2) is 13.9. The summed E-state index contributed by atoms with van der Waals surface area (Å²) in [5.41, 5.74) is -0.0633. The van der Waals surface area contributed by atoms with Crippen molar-refractivity contribution in [2.75, 3.05) is 28.2 Å². The molecule has 1 aliphatic carbocycles. The van der Waals surface area contributed by atoms with Crippen LogP contribution < -0.4 is 5.43 Å². The lowest BCUT2D eigenvalue weighted by Gasteiger charge is -2.49. The van der Waals surface area contributed by atoms with Crippen molar-refractivity contribution in [3.63, 3.8) is 0 Å². The van der Waals surface area contributed by atoms with Gasteiger partial charge in [0.2, 0.25) is 5.78 Å². The summed E-state index contributed by atoms with van der Waals surface area (Å²) in [4.78, 5) is 47.3. The molecule has 11 nitrogen and oxygen atoms in total. The highest BCUT2D eigenvalue weighted by atomic mass is 16.5. The Morgan fingerprint density at radius 2 is 1.62 bits per heavy atom. The number of fused-ring (bicyclic) bond motifs is 4. The van der Waals surface area contributed by atoms with Crippen LogP contribution in [-0.4, -0.2) is 101 Å². The Hall–Kier alpha value is -3.71. The molecule has 3 N–H and O–H groups in total. The molecular formula is C41H52N2O9. The fourth-order valence-corrected chi connectivity index (χ4v) is 8.38. The number of ether oxygens (including phenoxy) is 2. The molecule has 6 rings (SSSR count). The lowest BCUT2D eigenvalue weighted by atomic mass is 9.74. The molecule has 52 heavy (non-hydrogen) atoms. The Bertz CT molecular complexity index is 2020. The zero-order valence-electron chi connectivity index (χ0n) is 31.8. The molecule has 0 spiro atoms. The van der Waals surface area contributed by atoms with Crippen LogP contribution in [-0.2, 0) is 9.47 Å². The topological polar surface area (TPSA) is 150 Å². The van der Waals surface area contributed by atoms with E-state index >= 15 is 4.79 Å². The van der Waals surface area contributed by atoms with Crippen LogP contribution in [0.1, 0.15) is 126 Å². The Balaban J connectivity index is 1.63. The van der Waals surface area contributed by atoms with Crippen molar-refractivity contribution in [3.05, 3.63) is 85.3 Å². The average molecular weight is 717 g/mol. The highest BCUT2D eigenvalue weighted by molar-refractivity contribution is 6.33. The largest absolute Gasteiger partial charge is 0.507 e. The molecule has 1 unspecified atom stereocenters. The molecule has 1 aromatic heterocycles. The predicted molar refractivity (Wildman–Crippen MR) is 197 cm³/mol. The molecule has 0 radical (unpaired) electrons. The van der Waals surface area contributed by atoms with E-state index in [-0.39, 0.29) is 62.6 Å². The highest BCUT2D eigenvalue weighted by Gasteiger charge is 2.49. The number of likely N-dealkylation sites (N-methyl/N-ethyl adjacent to an activating group) is 2. The normalized spacial score (nSPS) is 30.0.